The van der Waals surface area contributed by atoms with E-state index in [1.54, 1.807) is 49.4 Å². The van der Waals surface area contributed by atoms with Crippen LogP contribution in [0.4, 0.5) is 11.4 Å². The molecule has 3 aromatic rings. The van der Waals surface area contributed by atoms with Crippen LogP contribution in [0.25, 0.3) is 0 Å². The van der Waals surface area contributed by atoms with Gasteiger partial charge in [-0.1, -0.05) is 30.3 Å². The predicted octanol–water partition coefficient (Wildman–Crippen LogP) is 4.66. The van der Waals surface area contributed by atoms with Crippen LogP contribution in [0.3, 0.4) is 0 Å². The molecule has 2 N–H and O–H groups in total. The second-order valence-electron chi connectivity index (χ2n) is 6.78. The molecule has 0 atom stereocenters. The quantitative estimate of drug-likeness (QED) is 0.661. The molecule has 144 valence electrons. The molecule has 0 heterocycles. The van der Waals surface area contributed by atoms with Crippen LogP contribution in [0.5, 0.6) is 0 Å². The molecule has 3 rings (SSSR count). The number of hydrogen-bond acceptors (Lipinski definition) is 3. The number of carbonyl (C=O) groups is 1. The molecule has 6 heteroatoms. The Bertz CT molecular complexity index is 1100. The first-order valence-electron chi connectivity index (χ1n) is 8.83. The lowest BCUT2D eigenvalue weighted by atomic mass is 10.1. The van der Waals surface area contributed by atoms with Crippen molar-refractivity contribution in [2.45, 2.75) is 25.7 Å². The molecule has 0 fully saturated rings. The zero-order chi connectivity index (χ0) is 20.3. The number of sulfonamides is 1. The molecule has 0 aliphatic rings. The minimum Gasteiger partial charge on any atom is -0.322 e. The van der Waals surface area contributed by atoms with Crippen molar-refractivity contribution in [1.29, 1.82) is 0 Å². The number of para-hydroxylation sites is 1. The maximum atomic E-state index is 12.8. The molecule has 0 unspecified atom stereocenters. The summed E-state index contributed by atoms with van der Waals surface area (Å²) < 4.78 is 28.2. The highest BCUT2D eigenvalue weighted by Gasteiger charge is 2.19. The molecule has 0 spiro atoms. The smallest absolute Gasteiger partial charge is 0.262 e. The molecule has 0 aliphatic heterocycles. The van der Waals surface area contributed by atoms with Gasteiger partial charge in [-0.2, -0.15) is 0 Å². The van der Waals surface area contributed by atoms with Crippen molar-refractivity contribution < 1.29 is 13.2 Å². The van der Waals surface area contributed by atoms with E-state index in [4.69, 9.17) is 0 Å². The second kappa shape index (κ2) is 7.86. The number of hydrogen-bond donors (Lipinski definition) is 2. The summed E-state index contributed by atoms with van der Waals surface area (Å²) in [7, 11) is -3.82. The molecule has 1 amide bonds. The average Bonchev–Trinajstić information content (AvgIpc) is 2.61. The maximum Gasteiger partial charge on any atom is 0.262 e. The van der Waals surface area contributed by atoms with Gasteiger partial charge in [-0.3, -0.25) is 9.52 Å². The minimum absolute atomic E-state index is 0.0735. The van der Waals surface area contributed by atoms with Crippen molar-refractivity contribution in [1.82, 2.24) is 0 Å². The zero-order valence-corrected chi connectivity index (χ0v) is 16.8. The standard InChI is InChI=1S/C22H22N2O3S/c1-15-11-16(2)13-20(12-15)23-22(25)18-10-9-17(3)21(14-18)28(26,27)24-19-7-5-4-6-8-19/h4-14,24H,1-3H3,(H,23,25). The van der Waals surface area contributed by atoms with Gasteiger partial charge in [0.15, 0.2) is 0 Å². The maximum absolute atomic E-state index is 12.8. The van der Waals surface area contributed by atoms with E-state index in [0.717, 1.165) is 11.1 Å². The first kappa shape index (κ1) is 19.6. The molecule has 0 saturated heterocycles. The Morgan fingerprint density at radius 1 is 0.786 bits per heavy atom. The summed E-state index contributed by atoms with van der Waals surface area (Å²) in [5.74, 6) is -0.360. The SMILES string of the molecule is Cc1cc(C)cc(NC(=O)c2ccc(C)c(S(=O)(=O)Nc3ccccc3)c2)c1. The third-order valence-corrected chi connectivity index (χ3v) is 5.77. The summed E-state index contributed by atoms with van der Waals surface area (Å²) in [5.41, 5.74) is 4.05. The third-order valence-electron chi connectivity index (χ3n) is 4.25. The summed E-state index contributed by atoms with van der Waals surface area (Å²) in [5, 5.41) is 2.83. The summed E-state index contributed by atoms with van der Waals surface area (Å²) in [6.45, 7) is 5.61. The Morgan fingerprint density at radius 2 is 1.43 bits per heavy atom. The van der Waals surface area contributed by atoms with Gasteiger partial charge in [0, 0.05) is 16.9 Å². The number of nitrogens with one attached hydrogen (secondary N) is 2. The predicted molar refractivity (Wildman–Crippen MR) is 112 cm³/mol. The van der Waals surface area contributed by atoms with Gasteiger partial charge in [-0.25, -0.2) is 8.42 Å². The minimum atomic E-state index is -3.82. The van der Waals surface area contributed by atoms with E-state index in [0.29, 0.717) is 16.9 Å². The lowest BCUT2D eigenvalue weighted by Crippen LogP contribution is -2.17. The van der Waals surface area contributed by atoms with Crippen LogP contribution >= 0.6 is 0 Å². The molecular formula is C22H22N2O3S. The molecule has 0 aliphatic carbocycles. The molecular weight excluding hydrogens is 372 g/mol. The van der Waals surface area contributed by atoms with Gasteiger partial charge in [0.1, 0.15) is 0 Å². The highest BCUT2D eigenvalue weighted by atomic mass is 32.2. The molecule has 0 bridgehead atoms. The van der Waals surface area contributed by atoms with E-state index in [2.05, 4.69) is 10.0 Å². The molecule has 28 heavy (non-hydrogen) atoms. The van der Waals surface area contributed by atoms with Crippen LogP contribution in [-0.4, -0.2) is 14.3 Å². The van der Waals surface area contributed by atoms with Crippen molar-refractivity contribution in [2.24, 2.45) is 0 Å². The Hall–Kier alpha value is -3.12. The summed E-state index contributed by atoms with van der Waals surface area (Å²) in [4.78, 5) is 12.7. The molecule has 3 aromatic carbocycles. The largest absolute Gasteiger partial charge is 0.322 e. The van der Waals surface area contributed by atoms with E-state index in [9.17, 15) is 13.2 Å². The van der Waals surface area contributed by atoms with E-state index in [1.807, 2.05) is 32.0 Å². The van der Waals surface area contributed by atoms with Crippen molar-refractivity contribution in [3.8, 4) is 0 Å². The van der Waals surface area contributed by atoms with Crippen molar-refractivity contribution in [2.75, 3.05) is 10.0 Å². The lowest BCUT2D eigenvalue weighted by molar-refractivity contribution is 0.102. The number of carbonyl (C=O) groups excluding carboxylic acids is 1. The normalized spacial score (nSPS) is 11.1. The van der Waals surface area contributed by atoms with Crippen LogP contribution in [-0.2, 0) is 10.0 Å². The molecule has 0 saturated carbocycles. The topological polar surface area (TPSA) is 75.3 Å². The third kappa shape index (κ3) is 4.58. The van der Waals surface area contributed by atoms with Crippen molar-refractivity contribution in [3.63, 3.8) is 0 Å². The van der Waals surface area contributed by atoms with Gasteiger partial charge in [-0.15, -0.1) is 0 Å². The van der Waals surface area contributed by atoms with Crippen LogP contribution in [0, 0.1) is 20.8 Å². The number of rotatable bonds is 5. The Morgan fingerprint density at radius 3 is 2.07 bits per heavy atom. The number of aryl methyl sites for hydroxylation is 3. The number of anilines is 2. The molecule has 5 nitrogen and oxygen atoms in total. The van der Waals surface area contributed by atoms with Gasteiger partial charge in [0.25, 0.3) is 15.9 Å². The van der Waals surface area contributed by atoms with Crippen LogP contribution < -0.4 is 10.0 Å². The van der Waals surface area contributed by atoms with Gasteiger partial charge >= 0.3 is 0 Å². The van der Waals surface area contributed by atoms with Crippen molar-refractivity contribution >= 4 is 27.3 Å². The summed E-state index contributed by atoms with van der Waals surface area (Å²) >= 11 is 0. The number of benzene rings is 3. The number of amides is 1. The fourth-order valence-corrected chi connectivity index (χ4v) is 4.33. The monoisotopic (exact) mass is 394 g/mol. The van der Waals surface area contributed by atoms with Crippen molar-refractivity contribution in [3.05, 3.63) is 89.0 Å². The lowest BCUT2D eigenvalue weighted by Gasteiger charge is -2.12. The van der Waals surface area contributed by atoms with Crippen LogP contribution in [0.1, 0.15) is 27.0 Å². The first-order chi connectivity index (χ1) is 13.2. The second-order valence-corrected chi connectivity index (χ2v) is 8.43. The average molecular weight is 394 g/mol. The van der Waals surface area contributed by atoms with Gasteiger partial charge < -0.3 is 5.32 Å². The van der Waals surface area contributed by atoms with Crippen LogP contribution in [0.15, 0.2) is 71.6 Å². The van der Waals surface area contributed by atoms with Gasteiger partial charge in [-0.05, 0) is 73.9 Å². The Balaban J connectivity index is 1.89. The van der Waals surface area contributed by atoms with E-state index in [-0.39, 0.29) is 16.4 Å². The fourth-order valence-electron chi connectivity index (χ4n) is 3.00. The Labute approximate surface area is 165 Å². The van der Waals surface area contributed by atoms with E-state index >= 15 is 0 Å². The Kier molecular flexibility index (Phi) is 5.51. The summed E-state index contributed by atoms with van der Waals surface area (Å²) in [6.07, 6.45) is 0. The highest BCUT2D eigenvalue weighted by molar-refractivity contribution is 7.92. The van der Waals surface area contributed by atoms with Gasteiger partial charge in [0.05, 0.1) is 4.90 Å². The van der Waals surface area contributed by atoms with Crippen LogP contribution in [0.2, 0.25) is 0 Å². The highest BCUT2D eigenvalue weighted by Crippen LogP contribution is 2.22. The van der Waals surface area contributed by atoms with E-state index in [1.165, 1.54) is 6.07 Å². The fraction of sp³-hybridized carbons (Fsp3) is 0.136. The van der Waals surface area contributed by atoms with Gasteiger partial charge in [0.2, 0.25) is 0 Å². The summed E-state index contributed by atoms with van der Waals surface area (Å²) in [6, 6.07) is 19.1. The molecule has 0 radical (unpaired) electrons. The van der Waals surface area contributed by atoms with E-state index < -0.39 is 10.0 Å². The molecule has 0 aromatic heterocycles. The zero-order valence-electron chi connectivity index (χ0n) is 16.0. The first-order valence-corrected chi connectivity index (χ1v) is 10.3.